The Morgan fingerprint density at radius 3 is 2.37 bits per heavy atom. The number of benzene rings is 1. The van der Waals surface area contributed by atoms with Gasteiger partial charge in [-0.25, -0.2) is 0 Å². The molecule has 6 atom stereocenters. The van der Waals surface area contributed by atoms with Crippen LogP contribution in [0.15, 0.2) is 49.6 Å². The molecule has 224 valence electrons. The number of ether oxygens (including phenoxy) is 2. The number of rotatable bonds is 12. The average molecular weight is 568 g/mol. The summed E-state index contributed by atoms with van der Waals surface area (Å²) in [5.41, 5.74) is -1.03. The van der Waals surface area contributed by atoms with Gasteiger partial charge in [0.1, 0.15) is 17.4 Å². The highest BCUT2D eigenvalue weighted by molar-refractivity contribution is 6.03. The zero-order valence-corrected chi connectivity index (χ0v) is 25.0. The Hall–Kier alpha value is -3.17. The fourth-order valence-corrected chi connectivity index (χ4v) is 6.95. The van der Waals surface area contributed by atoms with Gasteiger partial charge in [0.15, 0.2) is 0 Å². The maximum Gasteiger partial charge on any atom is 0.249 e. The maximum absolute atomic E-state index is 14.4. The summed E-state index contributed by atoms with van der Waals surface area (Å²) in [5, 5.41) is 10.3. The first-order chi connectivity index (χ1) is 19.5. The summed E-state index contributed by atoms with van der Waals surface area (Å²) in [6.45, 7) is 18.1. The Labute approximate surface area is 243 Å². The van der Waals surface area contributed by atoms with Crippen molar-refractivity contribution in [2.75, 3.05) is 31.2 Å². The van der Waals surface area contributed by atoms with Gasteiger partial charge in [-0.05, 0) is 71.2 Å². The van der Waals surface area contributed by atoms with Crippen LogP contribution in [-0.2, 0) is 19.1 Å². The van der Waals surface area contributed by atoms with Crippen molar-refractivity contribution in [3.8, 4) is 5.75 Å². The second kappa shape index (κ2) is 12.0. The highest BCUT2D eigenvalue weighted by atomic mass is 16.5. The highest BCUT2D eigenvalue weighted by Crippen LogP contribution is 2.59. The van der Waals surface area contributed by atoms with Crippen molar-refractivity contribution < 1.29 is 29.0 Å². The van der Waals surface area contributed by atoms with Gasteiger partial charge in [-0.15, -0.1) is 13.2 Å². The first kappa shape index (κ1) is 30.8. The van der Waals surface area contributed by atoms with E-state index in [2.05, 4.69) is 13.2 Å². The Bertz CT molecular complexity index is 1160. The number of carbonyl (C=O) groups is 3. The van der Waals surface area contributed by atoms with Crippen molar-refractivity contribution in [1.82, 2.24) is 9.80 Å². The van der Waals surface area contributed by atoms with E-state index in [1.165, 1.54) is 4.90 Å². The zero-order chi connectivity index (χ0) is 30.1. The summed E-state index contributed by atoms with van der Waals surface area (Å²) in [6.07, 6.45) is 4.36. The maximum atomic E-state index is 14.4. The Morgan fingerprint density at radius 2 is 1.83 bits per heavy atom. The molecule has 0 radical (unpaired) electrons. The molecule has 41 heavy (non-hydrogen) atoms. The minimum atomic E-state index is -1.15. The lowest BCUT2D eigenvalue weighted by molar-refractivity contribution is -0.154. The number of anilines is 1. The van der Waals surface area contributed by atoms with E-state index in [1.807, 2.05) is 58.9 Å². The second-order valence-electron chi connectivity index (χ2n) is 12.1. The minimum Gasteiger partial charge on any atom is -0.494 e. The number of nitrogens with zero attached hydrogens (tertiary/aromatic N) is 3. The van der Waals surface area contributed by atoms with Crippen molar-refractivity contribution in [1.29, 1.82) is 0 Å². The van der Waals surface area contributed by atoms with Gasteiger partial charge in [-0.3, -0.25) is 14.4 Å². The molecule has 1 aromatic carbocycles. The smallest absolute Gasteiger partial charge is 0.249 e. The van der Waals surface area contributed by atoms with Crippen molar-refractivity contribution >= 4 is 23.4 Å². The predicted octanol–water partition coefficient (Wildman–Crippen LogP) is 3.56. The summed E-state index contributed by atoms with van der Waals surface area (Å²) in [7, 11) is 0. The van der Waals surface area contributed by atoms with Crippen LogP contribution in [0, 0.1) is 11.8 Å². The van der Waals surface area contributed by atoms with Crippen LogP contribution in [0.1, 0.15) is 53.9 Å². The number of fused-ring (bicyclic) bond motifs is 1. The first-order valence-corrected chi connectivity index (χ1v) is 14.7. The van der Waals surface area contributed by atoms with E-state index < -0.39 is 41.2 Å². The molecule has 1 aromatic rings. The van der Waals surface area contributed by atoms with Gasteiger partial charge in [0.2, 0.25) is 17.7 Å². The fraction of sp³-hybridized carbons (Fsp3) is 0.594. The summed E-state index contributed by atoms with van der Waals surface area (Å²) in [4.78, 5) is 48.0. The molecule has 1 N–H and O–H groups in total. The molecule has 2 unspecified atom stereocenters. The molecule has 2 bridgehead atoms. The molecule has 0 saturated carbocycles. The third-order valence-electron chi connectivity index (χ3n) is 8.76. The molecule has 3 heterocycles. The van der Waals surface area contributed by atoms with E-state index in [9.17, 15) is 19.5 Å². The molecular formula is C32H45N3O6. The summed E-state index contributed by atoms with van der Waals surface area (Å²) < 4.78 is 12.2. The van der Waals surface area contributed by atoms with Crippen molar-refractivity contribution in [2.45, 2.75) is 83.2 Å². The Kier molecular flexibility index (Phi) is 8.99. The van der Waals surface area contributed by atoms with Crippen LogP contribution in [0.2, 0.25) is 0 Å². The number of hydrogen-bond donors (Lipinski definition) is 1. The zero-order valence-electron chi connectivity index (χ0n) is 25.0. The lowest BCUT2D eigenvalue weighted by Gasteiger charge is -2.43. The molecule has 3 saturated heterocycles. The molecule has 9 nitrogen and oxygen atoms in total. The predicted molar refractivity (Wildman–Crippen MR) is 157 cm³/mol. The van der Waals surface area contributed by atoms with Gasteiger partial charge in [-0.1, -0.05) is 19.1 Å². The number of carbonyl (C=O) groups excluding carboxylic acids is 3. The van der Waals surface area contributed by atoms with E-state index in [-0.39, 0.29) is 30.9 Å². The van der Waals surface area contributed by atoms with Gasteiger partial charge in [0.25, 0.3) is 0 Å². The third-order valence-corrected chi connectivity index (χ3v) is 8.76. The van der Waals surface area contributed by atoms with Crippen molar-refractivity contribution in [2.24, 2.45) is 11.8 Å². The molecular weight excluding hydrogens is 522 g/mol. The molecule has 3 amide bonds. The number of aliphatic hydroxyl groups excluding tert-OH is 1. The van der Waals surface area contributed by atoms with E-state index in [1.54, 1.807) is 22.0 Å². The quantitative estimate of drug-likeness (QED) is 0.388. The second-order valence-corrected chi connectivity index (χ2v) is 12.1. The monoisotopic (exact) mass is 567 g/mol. The van der Waals surface area contributed by atoms with Crippen molar-refractivity contribution in [3.63, 3.8) is 0 Å². The van der Waals surface area contributed by atoms with Gasteiger partial charge < -0.3 is 29.3 Å². The van der Waals surface area contributed by atoms with E-state index in [0.717, 1.165) is 0 Å². The van der Waals surface area contributed by atoms with Crippen molar-refractivity contribution in [3.05, 3.63) is 49.6 Å². The topological polar surface area (TPSA) is 99.6 Å². The first-order valence-electron chi connectivity index (χ1n) is 14.7. The summed E-state index contributed by atoms with van der Waals surface area (Å²) >= 11 is 0. The van der Waals surface area contributed by atoms with E-state index >= 15 is 0 Å². The van der Waals surface area contributed by atoms with Gasteiger partial charge in [-0.2, -0.15) is 0 Å². The van der Waals surface area contributed by atoms with E-state index in [0.29, 0.717) is 43.9 Å². The lowest BCUT2D eigenvalue weighted by Crippen LogP contribution is -2.61. The van der Waals surface area contributed by atoms with Crippen LogP contribution in [0.3, 0.4) is 0 Å². The van der Waals surface area contributed by atoms with Gasteiger partial charge in [0, 0.05) is 24.3 Å². The van der Waals surface area contributed by atoms with Crippen LogP contribution in [0.4, 0.5) is 5.69 Å². The third kappa shape index (κ3) is 5.18. The fourth-order valence-electron chi connectivity index (χ4n) is 6.95. The molecule has 3 aliphatic heterocycles. The van der Waals surface area contributed by atoms with Gasteiger partial charge in [0.05, 0.1) is 37.2 Å². The molecule has 1 spiro atoms. The average Bonchev–Trinajstić information content (AvgIpc) is 3.58. The normalized spacial score (nSPS) is 27.4. The highest BCUT2D eigenvalue weighted by Gasteiger charge is 2.75. The summed E-state index contributed by atoms with van der Waals surface area (Å²) in [6, 6.07) is 5.74. The number of likely N-dealkylation sites (tertiary alicyclic amines) is 1. The molecule has 0 aliphatic carbocycles. The van der Waals surface area contributed by atoms with Crippen LogP contribution < -0.4 is 9.64 Å². The standard InChI is InChI=1S/C32H45N3O6/c1-8-18-33(22-12-14-23(15-13-22)40-11-4)28(37)25-24-16-17-32(41-24)26(25)29(38)35(21(10-3)20-36)27(32)30(39)34(19-9-2)31(5,6)7/h8-9,12-15,21,24-27,36H,1-2,10-11,16-20H2,3-7H3/t21-,24+,25-,26-,27?,32?/m0/s1. The SMILES string of the molecule is C=CCN(C(=O)[C@@H]1[C@H]2C(=O)N([C@@H](CC)CO)C(C(=O)N(CC=C)C(C)(C)C)C23CC[C@H]1O3)c1ccc(OCC)cc1. The van der Waals surface area contributed by atoms with Crippen LogP contribution in [0.25, 0.3) is 0 Å². The number of aliphatic hydroxyl groups is 1. The molecule has 3 aliphatic rings. The number of amides is 3. The van der Waals surface area contributed by atoms with E-state index in [4.69, 9.17) is 9.47 Å². The Morgan fingerprint density at radius 1 is 1.17 bits per heavy atom. The van der Waals surface area contributed by atoms with Crippen LogP contribution in [0.5, 0.6) is 5.75 Å². The summed E-state index contributed by atoms with van der Waals surface area (Å²) in [5.74, 6) is -1.68. The Balaban J connectivity index is 1.77. The largest absolute Gasteiger partial charge is 0.494 e. The lowest BCUT2D eigenvalue weighted by atomic mass is 9.70. The number of hydrogen-bond acceptors (Lipinski definition) is 6. The molecule has 4 rings (SSSR count). The van der Waals surface area contributed by atoms with Gasteiger partial charge >= 0.3 is 0 Å². The van der Waals surface area contributed by atoms with Crippen LogP contribution >= 0.6 is 0 Å². The van der Waals surface area contributed by atoms with Crippen LogP contribution in [-0.4, -0.2) is 88.3 Å². The molecule has 0 aromatic heterocycles. The molecule has 9 heteroatoms. The molecule has 3 fully saturated rings. The minimum absolute atomic E-state index is 0.233.